The number of aryl methyl sites for hydroxylation is 2. The topological polar surface area (TPSA) is 47.1 Å². The minimum atomic E-state index is 0.382. The molecule has 0 saturated carbocycles. The molecule has 3 aromatic heterocycles. The van der Waals surface area contributed by atoms with E-state index in [0.717, 1.165) is 23.7 Å². The van der Waals surface area contributed by atoms with Crippen LogP contribution in [-0.4, -0.2) is 25.0 Å². The maximum absolute atomic E-state index is 4.61. The van der Waals surface area contributed by atoms with Crippen molar-refractivity contribution in [1.29, 1.82) is 0 Å². The molecule has 0 aromatic carbocycles. The van der Waals surface area contributed by atoms with Crippen LogP contribution in [0.4, 0.5) is 0 Å². The molecule has 0 aliphatic rings. The standard InChI is InChI=1S/C14H19N5S/c1-10(7-18-5-4-15-9-18)16-6-13-12(3)17-14-19(13)11(2)8-20-14/h4-5,8-10,16H,6-7H2,1-3H3. The van der Waals surface area contributed by atoms with Crippen molar-refractivity contribution in [2.24, 2.45) is 0 Å². The van der Waals surface area contributed by atoms with Crippen LogP contribution in [0.3, 0.4) is 0 Å². The number of nitrogens with zero attached hydrogens (tertiary/aromatic N) is 4. The Bertz CT molecular complexity index is 695. The van der Waals surface area contributed by atoms with E-state index < -0.39 is 0 Å². The van der Waals surface area contributed by atoms with Gasteiger partial charge in [-0.25, -0.2) is 9.97 Å². The predicted molar refractivity (Wildman–Crippen MR) is 81.1 cm³/mol. The third-order valence-corrected chi connectivity index (χ3v) is 4.44. The number of thiazole rings is 1. The van der Waals surface area contributed by atoms with Crippen LogP contribution in [0.1, 0.15) is 24.0 Å². The molecule has 0 radical (unpaired) electrons. The van der Waals surface area contributed by atoms with E-state index in [-0.39, 0.29) is 0 Å². The van der Waals surface area contributed by atoms with Crippen molar-refractivity contribution in [2.75, 3.05) is 0 Å². The van der Waals surface area contributed by atoms with Gasteiger partial charge in [0.1, 0.15) is 0 Å². The molecule has 0 saturated heterocycles. The Morgan fingerprint density at radius 1 is 1.40 bits per heavy atom. The first kappa shape index (κ1) is 13.3. The number of nitrogens with one attached hydrogen (secondary N) is 1. The van der Waals surface area contributed by atoms with Gasteiger partial charge in [0, 0.05) is 42.6 Å². The third kappa shape index (κ3) is 2.48. The van der Waals surface area contributed by atoms with E-state index >= 15 is 0 Å². The van der Waals surface area contributed by atoms with Crippen molar-refractivity contribution < 1.29 is 0 Å². The van der Waals surface area contributed by atoms with Gasteiger partial charge in [0.15, 0.2) is 4.96 Å². The molecule has 3 heterocycles. The minimum absolute atomic E-state index is 0.382. The molecule has 1 atom stereocenters. The van der Waals surface area contributed by atoms with Gasteiger partial charge in [0.25, 0.3) is 0 Å². The van der Waals surface area contributed by atoms with Crippen molar-refractivity contribution in [3.05, 3.63) is 41.2 Å². The van der Waals surface area contributed by atoms with Gasteiger partial charge < -0.3 is 9.88 Å². The number of hydrogen-bond acceptors (Lipinski definition) is 4. The van der Waals surface area contributed by atoms with Gasteiger partial charge in [-0.1, -0.05) is 0 Å². The van der Waals surface area contributed by atoms with Crippen molar-refractivity contribution in [3.8, 4) is 0 Å². The first-order valence-electron chi connectivity index (χ1n) is 6.76. The fourth-order valence-electron chi connectivity index (χ4n) is 2.42. The first-order chi connectivity index (χ1) is 9.65. The van der Waals surface area contributed by atoms with Gasteiger partial charge in [0.2, 0.25) is 0 Å². The molecule has 0 aliphatic carbocycles. The fraction of sp³-hybridized carbons (Fsp3) is 0.429. The summed E-state index contributed by atoms with van der Waals surface area (Å²) >= 11 is 1.70. The van der Waals surface area contributed by atoms with E-state index in [0.29, 0.717) is 6.04 Å². The fourth-order valence-corrected chi connectivity index (χ4v) is 3.35. The summed E-state index contributed by atoms with van der Waals surface area (Å²) in [6.07, 6.45) is 5.65. The molecule has 0 bridgehead atoms. The van der Waals surface area contributed by atoms with E-state index in [1.807, 2.05) is 18.7 Å². The quantitative estimate of drug-likeness (QED) is 0.784. The van der Waals surface area contributed by atoms with Crippen molar-refractivity contribution >= 4 is 16.3 Å². The zero-order valence-corrected chi connectivity index (χ0v) is 12.8. The first-order valence-corrected chi connectivity index (χ1v) is 7.64. The number of rotatable bonds is 5. The SMILES string of the molecule is Cc1nc2scc(C)n2c1CNC(C)Cn1ccnc1. The highest BCUT2D eigenvalue weighted by Crippen LogP contribution is 2.20. The monoisotopic (exact) mass is 289 g/mol. The third-order valence-electron chi connectivity index (χ3n) is 3.49. The van der Waals surface area contributed by atoms with E-state index in [1.54, 1.807) is 11.3 Å². The Balaban J connectivity index is 1.70. The van der Waals surface area contributed by atoms with Gasteiger partial charge in [-0.15, -0.1) is 11.3 Å². The highest BCUT2D eigenvalue weighted by atomic mass is 32.1. The minimum Gasteiger partial charge on any atom is -0.336 e. The molecule has 3 aromatic rings. The molecule has 5 nitrogen and oxygen atoms in total. The molecule has 20 heavy (non-hydrogen) atoms. The summed E-state index contributed by atoms with van der Waals surface area (Å²) in [4.78, 5) is 9.76. The van der Waals surface area contributed by atoms with Crippen LogP contribution in [0.25, 0.3) is 4.96 Å². The average molecular weight is 289 g/mol. The molecule has 1 N–H and O–H groups in total. The predicted octanol–water partition coefficient (Wildman–Crippen LogP) is 2.39. The molecule has 0 fully saturated rings. The lowest BCUT2D eigenvalue weighted by molar-refractivity contribution is 0.471. The van der Waals surface area contributed by atoms with Crippen LogP contribution in [-0.2, 0) is 13.1 Å². The maximum atomic E-state index is 4.61. The van der Waals surface area contributed by atoms with Crippen LogP contribution in [0.5, 0.6) is 0 Å². The smallest absolute Gasteiger partial charge is 0.194 e. The highest BCUT2D eigenvalue weighted by Gasteiger charge is 2.12. The van der Waals surface area contributed by atoms with Gasteiger partial charge in [-0.2, -0.15) is 0 Å². The van der Waals surface area contributed by atoms with Gasteiger partial charge in [0.05, 0.1) is 17.7 Å². The van der Waals surface area contributed by atoms with Gasteiger partial charge >= 0.3 is 0 Å². The highest BCUT2D eigenvalue weighted by molar-refractivity contribution is 7.15. The molecule has 0 amide bonds. The maximum Gasteiger partial charge on any atom is 0.194 e. The van der Waals surface area contributed by atoms with Crippen molar-refractivity contribution in [3.63, 3.8) is 0 Å². The van der Waals surface area contributed by atoms with Crippen LogP contribution >= 0.6 is 11.3 Å². The lowest BCUT2D eigenvalue weighted by Crippen LogP contribution is -2.30. The van der Waals surface area contributed by atoms with E-state index in [9.17, 15) is 0 Å². The molecule has 0 aliphatic heterocycles. The molecule has 3 rings (SSSR count). The van der Waals surface area contributed by atoms with E-state index in [4.69, 9.17) is 0 Å². The second-order valence-corrected chi connectivity index (χ2v) is 6.02. The Morgan fingerprint density at radius 2 is 2.25 bits per heavy atom. The summed E-state index contributed by atoms with van der Waals surface area (Å²) in [7, 11) is 0. The molecular weight excluding hydrogens is 270 g/mol. The lowest BCUT2D eigenvalue weighted by atomic mass is 10.3. The van der Waals surface area contributed by atoms with E-state index in [1.165, 1.54) is 11.4 Å². The van der Waals surface area contributed by atoms with Crippen LogP contribution < -0.4 is 5.32 Å². The lowest BCUT2D eigenvalue weighted by Gasteiger charge is -2.14. The number of fused-ring (bicyclic) bond motifs is 1. The van der Waals surface area contributed by atoms with Crippen LogP contribution in [0.2, 0.25) is 0 Å². The Hall–Kier alpha value is -1.66. The summed E-state index contributed by atoms with van der Waals surface area (Å²) in [6, 6.07) is 0.382. The average Bonchev–Trinajstić information content (AvgIpc) is 3.08. The van der Waals surface area contributed by atoms with Crippen LogP contribution in [0.15, 0.2) is 24.1 Å². The zero-order chi connectivity index (χ0) is 14.1. The number of imidazole rings is 2. The Morgan fingerprint density at radius 3 is 3.00 bits per heavy atom. The Kier molecular flexibility index (Phi) is 3.58. The summed E-state index contributed by atoms with van der Waals surface area (Å²) < 4.78 is 4.34. The van der Waals surface area contributed by atoms with Crippen LogP contribution in [0, 0.1) is 13.8 Å². The summed E-state index contributed by atoms with van der Waals surface area (Å²) in [5, 5.41) is 5.72. The molecular formula is C14H19N5S. The Labute approximate surface area is 122 Å². The number of aromatic nitrogens is 4. The molecule has 6 heteroatoms. The second kappa shape index (κ2) is 5.38. The second-order valence-electron chi connectivity index (χ2n) is 5.18. The van der Waals surface area contributed by atoms with Crippen molar-refractivity contribution in [1.82, 2.24) is 24.3 Å². The van der Waals surface area contributed by atoms with E-state index in [2.05, 4.69) is 50.4 Å². The summed E-state index contributed by atoms with van der Waals surface area (Å²) in [5.74, 6) is 0. The van der Waals surface area contributed by atoms with Gasteiger partial charge in [-0.3, -0.25) is 4.40 Å². The molecule has 106 valence electrons. The normalized spacial score (nSPS) is 13.2. The summed E-state index contributed by atoms with van der Waals surface area (Å²) in [5.41, 5.74) is 3.63. The molecule has 1 unspecified atom stereocenters. The zero-order valence-electron chi connectivity index (χ0n) is 12.0. The number of hydrogen-bond donors (Lipinski definition) is 1. The molecule has 0 spiro atoms. The van der Waals surface area contributed by atoms with Gasteiger partial charge in [-0.05, 0) is 20.8 Å². The summed E-state index contributed by atoms with van der Waals surface area (Å²) in [6.45, 7) is 8.15. The van der Waals surface area contributed by atoms with Crippen molar-refractivity contribution in [2.45, 2.75) is 39.9 Å². The largest absolute Gasteiger partial charge is 0.336 e.